The number of nitrogens with zero attached hydrogens (tertiary/aromatic N) is 1. The lowest BCUT2D eigenvalue weighted by molar-refractivity contribution is -0.137. The van der Waals surface area contributed by atoms with Crippen LogP contribution in [0.2, 0.25) is 0 Å². The van der Waals surface area contributed by atoms with Crippen molar-refractivity contribution >= 4 is 21.6 Å². The summed E-state index contributed by atoms with van der Waals surface area (Å²) in [4.78, 5) is 15.3. The Morgan fingerprint density at radius 1 is 0.974 bits per heavy atom. The number of primary sulfonamides is 1. The van der Waals surface area contributed by atoms with Crippen LogP contribution in [0.1, 0.15) is 52.7 Å². The van der Waals surface area contributed by atoms with Crippen LogP contribution in [-0.2, 0) is 22.6 Å². The standard InChI is InChI=1S/C29H32F3N3O3S/c1-20-18-22(11-14-27(20)39(33,37)38)28(36)34-23-12-13-24(25-9-2-3-10-26(25)29(30,31)32)21(19-23)8-4-5-15-35-16-6-7-17-35/h2-3,9-14,18-19H,4-8,15-17H2,1H3,(H,34,36)(H2,33,37,38). The van der Waals surface area contributed by atoms with E-state index in [2.05, 4.69) is 10.2 Å². The molecular weight excluding hydrogens is 527 g/mol. The van der Waals surface area contributed by atoms with Crippen molar-refractivity contribution in [3.63, 3.8) is 0 Å². The lowest BCUT2D eigenvalue weighted by atomic mass is 9.92. The Labute approximate surface area is 227 Å². The summed E-state index contributed by atoms with van der Waals surface area (Å²) >= 11 is 0. The van der Waals surface area contributed by atoms with Crippen molar-refractivity contribution in [1.82, 2.24) is 4.90 Å². The molecule has 1 fully saturated rings. The summed E-state index contributed by atoms with van der Waals surface area (Å²) in [6.07, 6.45) is 0.170. The minimum Gasteiger partial charge on any atom is -0.322 e. The zero-order chi connectivity index (χ0) is 28.2. The number of hydrogen-bond donors (Lipinski definition) is 2. The Kier molecular flexibility index (Phi) is 8.78. The molecular formula is C29H32F3N3O3S. The first-order valence-corrected chi connectivity index (χ1v) is 14.4. The molecule has 0 unspecified atom stereocenters. The molecule has 3 aromatic rings. The number of carbonyl (C=O) groups is 1. The zero-order valence-electron chi connectivity index (χ0n) is 21.7. The normalized spacial score (nSPS) is 14.5. The number of unbranched alkanes of at least 4 members (excludes halogenated alkanes) is 1. The number of hydrogen-bond acceptors (Lipinski definition) is 4. The largest absolute Gasteiger partial charge is 0.417 e. The van der Waals surface area contributed by atoms with Gasteiger partial charge in [0.15, 0.2) is 0 Å². The highest BCUT2D eigenvalue weighted by Crippen LogP contribution is 2.39. The number of benzene rings is 3. The van der Waals surface area contributed by atoms with Crippen molar-refractivity contribution in [2.24, 2.45) is 5.14 Å². The molecule has 0 spiro atoms. The second-order valence-corrected chi connectivity index (χ2v) is 11.4. The van der Waals surface area contributed by atoms with Gasteiger partial charge in [-0.05, 0) is 117 Å². The average Bonchev–Trinajstić information content (AvgIpc) is 3.39. The fourth-order valence-electron chi connectivity index (χ4n) is 5.08. The Morgan fingerprint density at radius 2 is 1.69 bits per heavy atom. The van der Waals surface area contributed by atoms with Crippen molar-refractivity contribution in [2.75, 3.05) is 25.0 Å². The predicted molar refractivity (Wildman–Crippen MR) is 146 cm³/mol. The third-order valence-electron chi connectivity index (χ3n) is 7.00. The molecule has 1 saturated heterocycles. The van der Waals surface area contributed by atoms with Crippen LogP contribution >= 0.6 is 0 Å². The summed E-state index contributed by atoms with van der Waals surface area (Å²) in [6, 6.07) is 14.5. The van der Waals surface area contributed by atoms with Gasteiger partial charge in [0.1, 0.15) is 0 Å². The number of amides is 1. The molecule has 6 nitrogen and oxygen atoms in total. The fourth-order valence-corrected chi connectivity index (χ4v) is 5.84. The molecule has 4 rings (SSSR count). The molecule has 0 atom stereocenters. The third kappa shape index (κ3) is 7.26. The zero-order valence-corrected chi connectivity index (χ0v) is 22.5. The number of sulfonamides is 1. The van der Waals surface area contributed by atoms with Crippen LogP contribution in [0, 0.1) is 6.92 Å². The van der Waals surface area contributed by atoms with Gasteiger partial charge in [0.05, 0.1) is 10.5 Å². The third-order valence-corrected chi connectivity index (χ3v) is 8.07. The van der Waals surface area contributed by atoms with Gasteiger partial charge in [-0.3, -0.25) is 4.79 Å². The molecule has 1 aliphatic heterocycles. The second kappa shape index (κ2) is 11.9. The summed E-state index contributed by atoms with van der Waals surface area (Å²) in [5, 5.41) is 8.00. The van der Waals surface area contributed by atoms with Gasteiger partial charge in [-0.15, -0.1) is 0 Å². The van der Waals surface area contributed by atoms with E-state index >= 15 is 0 Å². The molecule has 3 N–H and O–H groups in total. The predicted octanol–water partition coefficient (Wildman–Crippen LogP) is 6.00. The second-order valence-electron chi connectivity index (χ2n) is 9.90. The van der Waals surface area contributed by atoms with Crippen LogP contribution in [-0.4, -0.2) is 38.9 Å². The van der Waals surface area contributed by atoms with Crippen molar-refractivity contribution < 1.29 is 26.4 Å². The van der Waals surface area contributed by atoms with Crippen molar-refractivity contribution in [3.8, 4) is 11.1 Å². The van der Waals surface area contributed by atoms with Crippen LogP contribution in [0.5, 0.6) is 0 Å². The molecule has 1 aliphatic rings. The van der Waals surface area contributed by atoms with E-state index in [-0.39, 0.29) is 16.0 Å². The molecule has 0 radical (unpaired) electrons. The minimum absolute atomic E-state index is 0.0667. The van der Waals surface area contributed by atoms with E-state index in [9.17, 15) is 26.4 Å². The number of halogens is 3. The minimum atomic E-state index is -4.50. The van der Waals surface area contributed by atoms with Crippen LogP contribution < -0.4 is 10.5 Å². The number of anilines is 1. The molecule has 10 heteroatoms. The summed E-state index contributed by atoms with van der Waals surface area (Å²) in [5.74, 6) is -0.470. The monoisotopic (exact) mass is 559 g/mol. The van der Waals surface area contributed by atoms with Crippen LogP contribution in [0.25, 0.3) is 11.1 Å². The van der Waals surface area contributed by atoms with Crippen LogP contribution in [0.3, 0.4) is 0 Å². The first-order chi connectivity index (χ1) is 18.4. The number of rotatable bonds is 9. The van der Waals surface area contributed by atoms with E-state index in [1.54, 1.807) is 31.2 Å². The highest BCUT2D eigenvalue weighted by Gasteiger charge is 2.33. The van der Waals surface area contributed by atoms with Crippen molar-refractivity contribution in [3.05, 3.63) is 82.9 Å². The molecule has 208 valence electrons. The van der Waals surface area contributed by atoms with Gasteiger partial charge >= 0.3 is 6.18 Å². The van der Waals surface area contributed by atoms with E-state index in [0.29, 0.717) is 28.8 Å². The SMILES string of the molecule is Cc1cc(C(=O)Nc2ccc(-c3ccccc3C(F)(F)F)c(CCCCN3CCCC3)c2)ccc1S(N)(=O)=O. The number of nitrogens with two attached hydrogens (primary N) is 1. The number of carbonyl (C=O) groups excluding carboxylic acids is 1. The molecule has 1 heterocycles. The Balaban J connectivity index is 1.60. The maximum Gasteiger partial charge on any atom is 0.417 e. The molecule has 3 aromatic carbocycles. The fraction of sp³-hybridized carbons (Fsp3) is 0.345. The highest BCUT2D eigenvalue weighted by atomic mass is 32.2. The van der Waals surface area contributed by atoms with E-state index < -0.39 is 27.7 Å². The first-order valence-electron chi connectivity index (χ1n) is 12.9. The summed E-state index contributed by atoms with van der Waals surface area (Å²) in [5.41, 5.74) is 1.61. The van der Waals surface area contributed by atoms with Crippen molar-refractivity contribution in [1.29, 1.82) is 0 Å². The van der Waals surface area contributed by atoms with Gasteiger partial charge in [-0.25, -0.2) is 13.6 Å². The van der Waals surface area contributed by atoms with Gasteiger partial charge in [0, 0.05) is 11.3 Å². The molecule has 0 aliphatic carbocycles. The molecule has 0 bridgehead atoms. The smallest absolute Gasteiger partial charge is 0.322 e. The van der Waals surface area contributed by atoms with Gasteiger partial charge in [0.25, 0.3) is 5.91 Å². The summed E-state index contributed by atoms with van der Waals surface area (Å²) in [6.45, 7) is 4.68. The van der Waals surface area contributed by atoms with E-state index in [4.69, 9.17) is 5.14 Å². The Bertz CT molecular complexity index is 1450. The van der Waals surface area contributed by atoms with Crippen molar-refractivity contribution in [2.45, 2.75) is 50.1 Å². The van der Waals surface area contributed by atoms with Crippen LogP contribution in [0.4, 0.5) is 18.9 Å². The lowest BCUT2D eigenvalue weighted by Gasteiger charge is -2.18. The van der Waals surface area contributed by atoms with Gasteiger partial charge in [0.2, 0.25) is 10.0 Å². The lowest BCUT2D eigenvalue weighted by Crippen LogP contribution is -2.20. The van der Waals surface area contributed by atoms with E-state index in [1.165, 1.54) is 43.2 Å². The maximum atomic E-state index is 13.8. The first kappa shape index (κ1) is 28.8. The van der Waals surface area contributed by atoms with E-state index in [1.807, 2.05) is 0 Å². The van der Waals surface area contributed by atoms with Gasteiger partial charge in [-0.2, -0.15) is 13.2 Å². The number of likely N-dealkylation sites (tertiary alicyclic amines) is 1. The van der Waals surface area contributed by atoms with Crippen LogP contribution in [0.15, 0.2) is 65.6 Å². The van der Waals surface area contributed by atoms with Gasteiger partial charge < -0.3 is 10.2 Å². The summed E-state index contributed by atoms with van der Waals surface area (Å²) < 4.78 is 64.8. The number of aryl methyl sites for hydroxylation is 2. The summed E-state index contributed by atoms with van der Waals surface area (Å²) in [7, 11) is -3.92. The van der Waals surface area contributed by atoms with E-state index in [0.717, 1.165) is 38.5 Å². The van der Waals surface area contributed by atoms with Gasteiger partial charge in [-0.1, -0.05) is 24.3 Å². The quantitative estimate of drug-likeness (QED) is 0.315. The Hall–Kier alpha value is -3.21. The molecule has 39 heavy (non-hydrogen) atoms. The highest BCUT2D eigenvalue weighted by molar-refractivity contribution is 7.89. The number of alkyl halides is 3. The molecule has 0 saturated carbocycles. The molecule has 1 amide bonds. The number of nitrogens with one attached hydrogen (secondary N) is 1. The Morgan fingerprint density at radius 3 is 2.36 bits per heavy atom. The topological polar surface area (TPSA) is 92.5 Å². The average molecular weight is 560 g/mol. The maximum absolute atomic E-state index is 13.8. The molecule has 0 aromatic heterocycles.